The van der Waals surface area contributed by atoms with E-state index in [1.807, 2.05) is 30.6 Å². The van der Waals surface area contributed by atoms with E-state index in [0.717, 1.165) is 38.9 Å². The SMILES string of the molecule is CN1CC2(CCN(C(=O)NC(C)(C)C)CC2)CC1C(=O)N1CCOCC1. The van der Waals surface area contributed by atoms with Gasteiger partial charge in [-0.05, 0) is 52.5 Å². The van der Waals surface area contributed by atoms with Gasteiger partial charge in [-0.1, -0.05) is 0 Å². The van der Waals surface area contributed by atoms with Gasteiger partial charge in [0.25, 0.3) is 0 Å². The number of piperidine rings is 1. The number of likely N-dealkylation sites (tertiary alicyclic amines) is 2. The average Bonchev–Trinajstić information content (AvgIpc) is 2.90. The predicted octanol–water partition coefficient (Wildman–Crippen LogP) is 1.14. The molecule has 3 aliphatic heterocycles. The summed E-state index contributed by atoms with van der Waals surface area (Å²) in [6.45, 7) is 11.2. The van der Waals surface area contributed by atoms with Gasteiger partial charge < -0.3 is 19.9 Å². The number of urea groups is 1. The van der Waals surface area contributed by atoms with Gasteiger partial charge in [0, 0.05) is 38.3 Å². The summed E-state index contributed by atoms with van der Waals surface area (Å²) < 4.78 is 5.37. The van der Waals surface area contributed by atoms with Crippen LogP contribution in [0.1, 0.15) is 40.0 Å². The molecule has 3 aliphatic rings. The highest BCUT2D eigenvalue weighted by Crippen LogP contribution is 2.43. The van der Waals surface area contributed by atoms with Crippen LogP contribution in [0.5, 0.6) is 0 Å². The Morgan fingerprint density at radius 1 is 1.04 bits per heavy atom. The fourth-order valence-corrected chi connectivity index (χ4v) is 4.49. The molecular weight excluding hydrogens is 332 g/mol. The van der Waals surface area contributed by atoms with E-state index in [2.05, 4.69) is 17.3 Å². The van der Waals surface area contributed by atoms with Crippen LogP contribution in [0, 0.1) is 5.41 Å². The quantitative estimate of drug-likeness (QED) is 0.756. The number of carbonyl (C=O) groups is 2. The first kappa shape index (κ1) is 19.4. The number of ether oxygens (including phenoxy) is 1. The van der Waals surface area contributed by atoms with Gasteiger partial charge in [-0.2, -0.15) is 0 Å². The minimum atomic E-state index is -0.213. The van der Waals surface area contributed by atoms with E-state index in [0.29, 0.717) is 26.3 Å². The van der Waals surface area contributed by atoms with Crippen molar-refractivity contribution in [3.63, 3.8) is 0 Å². The maximum Gasteiger partial charge on any atom is 0.317 e. The van der Waals surface area contributed by atoms with Gasteiger partial charge in [-0.25, -0.2) is 4.79 Å². The monoisotopic (exact) mass is 366 g/mol. The largest absolute Gasteiger partial charge is 0.378 e. The third-order valence-electron chi connectivity index (χ3n) is 5.94. The third-order valence-corrected chi connectivity index (χ3v) is 5.94. The molecule has 26 heavy (non-hydrogen) atoms. The summed E-state index contributed by atoms with van der Waals surface area (Å²) >= 11 is 0. The highest BCUT2D eigenvalue weighted by atomic mass is 16.5. The zero-order valence-corrected chi connectivity index (χ0v) is 16.7. The summed E-state index contributed by atoms with van der Waals surface area (Å²) in [6, 6.07) is 0.00250. The van der Waals surface area contributed by atoms with E-state index in [-0.39, 0.29) is 28.9 Å². The molecule has 0 aromatic heterocycles. The lowest BCUT2D eigenvalue weighted by molar-refractivity contribution is -0.139. The second-order valence-corrected chi connectivity index (χ2v) is 9.24. The van der Waals surface area contributed by atoms with Crippen molar-refractivity contribution < 1.29 is 14.3 Å². The Morgan fingerprint density at radius 2 is 1.65 bits per heavy atom. The Balaban J connectivity index is 1.56. The van der Waals surface area contributed by atoms with Crippen molar-refractivity contribution >= 4 is 11.9 Å². The normalized spacial score (nSPS) is 27.0. The molecule has 0 aromatic carbocycles. The zero-order chi connectivity index (χ0) is 18.9. The Morgan fingerprint density at radius 3 is 2.23 bits per heavy atom. The third kappa shape index (κ3) is 4.31. The number of hydrogen-bond donors (Lipinski definition) is 1. The van der Waals surface area contributed by atoms with E-state index in [9.17, 15) is 9.59 Å². The first-order valence-electron chi connectivity index (χ1n) is 9.83. The van der Waals surface area contributed by atoms with Crippen LogP contribution in [0.15, 0.2) is 0 Å². The zero-order valence-electron chi connectivity index (χ0n) is 16.7. The first-order chi connectivity index (χ1) is 12.2. The molecule has 0 saturated carbocycles. The van der Waals surface area contributed by atoms with Crippen LogP contribution in [0.3, 0.4) is 0 Å². The Labute approximate surface area is 157 Å². The smallest absolute Gasteiger partial charge is 0.317 e. The number of carbonyl (C=O) groups excluding carboxylic acids is 2. The van der Waals surface area contributed by atoms with Gasteiger partial charge in [0.1, 0.15) is 0 Å². The topological polar surface area (TPSA) is 65.1 Å². The van der Waals surface area contributed by atoms with E-state index < -0.39 is 0 Å². The van der Waals surface area contributed by atoms with Gasteiger partial charge in [-0.15, -0.1) is 0 Å². The standard InChI is InChI=1S/C19H34N4O3/c1-18(2,3)20-17(25)23-7-5-19(6-8-23)13-15(21(4)14-19)16(24)22-9-11-26-12-10-22/h15H,5-14H2,1-4H3,(H,20,25). The molecule has 3 fully saturated rings. The number of nitrogens with zero attached hydrogens (tertiary/aromatic N) is 3. The summed E-state index contributed by atoms with van der Waals surface area (Å²) in [5.74, 6) is 0.251. The molecule has 3 saturated heterocycles. The van der Waals surface area contributed by atoms with Crippen molar-refractivity contribution in [3.8, 4) is 0 Å². The number of likely N-dealkylation sites (N-methyl/N-ethyl adjacent to an activating group) is 1. The Kier molecular flexibility index (Phi) is 5.49. The van der Waals surface area contributed by atoms with Crippen molar-refractivity contribution in [3.05, 3.63) is 0 Å². The van der Waals surface area contributed by atoms with Gasteiger partial charge in [-0.3, -0.25) is 9.69 Å². The lowest BCUT2D eigenvalue weighted by Crippen LogP contribution is -2.52. The second-order valence-electron chi connectivity index (χ2n) is 9.24. The summed E-state index contributed by atoms with van der Waals surface area (Å²) in [6.07, 6.45) is 2.86. The van der Waals surface area contributed by atoms with Crippen LogP contribution in [0.4, 0.5) is 4.79 Å². The first-order valence-corrected chi connectivity index (χ1v) is 9.83. The van der Waals surface area contributed by atoms with Crippen LogP contribution in [0.25, 0.3) is 0 Å². The summed E-state index contributed by atoms with van der Waals surface area (Å²) in [5, 5.41) is 3.05. The summed E-state index contributed by atoms with van der Waals surface area (Å²) in [4.78, 5) is 31.4. The fraction of sp³-hybridized carbons (Fsp3) is 0.895. The molecule has 3 heterocycles. The Bertz CT molecular complexity index is 531. The number of morpholine rings is 1. The maximum atomic E-state index is 12.9. The summed E-state index contributed by atoms with van der Waals surface area (Å²) in [7, 11) is 2.07. The molecule has 1 unspecified atom stereocenters. The van der Waals surface area contributed by atoms with E-state index >= 15 is 0 Å². The minimum Gasteiger partial charge on any atom is -0.378 e. The highest BCUT2D eigenvalue weighted by molar-refractivity contribution is 5.82. The molecule has 0 radical (unpaired) electrons. The van der Waals surface area contributed by atoms with E-state index in [4.69, 9.17) is 4.74 Å². The average molecular weight is 367 g/mol. The van der Waals surface area contributed by atoms with Crippen molar-refractivity contribution in [2.75, 3.05) is 53.0 Å². The molecule has 0 aliphatic carbocycles. The number of hydrogen-bond acceptors (Lipinski definition) is 4. The fourth-order valence-electron chi connectivity index (χ4n) is 4.49. The molecule has 1 N–H and O–H groups in total. The van der Waals surface area contributed by atoms with Crippen LogP contribution in [-0.2, 0) is 9.53 Å². The van der Waals surface area contributed by atoms with Crippen LogP contribution in [0.2, 0.25) is 0 Å². The molecular formula is C19H34N4O3. The molecule has 3 rings (SSSR count). The number of rotatable bonds is 1. The molecule has 1 spiro atoms. The van der Waals surface area contributed by atoms with E-state index in [1.54, 1.807) is 0 Å². The molecule has 1 atom stereocenters. The van der Waals surface area contributed by atoms with Crippen molar-refractivity contribution in [2.45, 2.75) is 51.6 Å². The minimum absolute atomic E-state index is 0.0250. The van der Waals surface area contributed by atoms with Gasteiger partial charge in [0.05, 0.1) is 19.3 Å². The van der Waals surface area contributed by atoms with Gasteiger partial charge >= 0.3 is 6.03 Å². The van der Waals surface area contributed by atoms with Crippen LogP contribution < -0.4 is 5.32 Å². The second kappa shape index (κ2) is 7.35. The molecule has 0 bridgehead atoms. The maximum absolute atomic E-state index is 12.9. The van der Waals surface area contributed by atoms with Crippen molar-refractivity contribution in [1.29, 1.82) is 0 Å². The molecule has 0 aromatic rings. The van der Waals surface area contributed by atoms with E-state index in [1.165, 1.54) is 0 Å². The van der Waals surface area contributed by atoms with Crippen molar-refractivity contribution in [1.82, 2.24) is 20.0 Å². The van der Waals surface area contributed by atoms with Gasteiger partial charge in [0.15, 0.2) is 0 Å². The summed E-state index contributed by atoms with van der Waals surface area (Å²) in [5.41, 5.74) is -0.0463. The van der Waals surface area contributed by atoms with Crippen molar-refractivity contribution in [2.24, 2.45) is 5.41 Å². The lowest BCUT2D eigenvalue weighted by Gasteiger charge is -2.40. The lowest BCUT2D eigenvalue weighted by atomic mass is 9.76. The molecule has 148 valence electrons. The number of amides is 3. The Hall–Kier alpha value is -1.34. The van der Waals surface area contributed by atoms with Gasteiger partial charge in [0.2, 0.25) is 5.91 Å². The number of nitrogens with one attached hydrogen (secondary N) is 1. The molecule has 7 nitrogen and oxygen atoms in total. The van der Waals surface area contributed by atoms with Crippen LogP contribution >= 0.6 is 0 Å². The predicted molar refractivity (Wildman–Crippen MR) is 100.0 cm³/mol. The highest BCUT2D eigenvalue weighted by Gasteiger charge is 2.48. The molecule has 7 heteroatoms. The molecule has 3 amide bonds. The van der Waals surface area contributed by atoms with Crippen LogP contribution in [-0.4, -0.2) is 91.2 Å².